The normalized spacial score (nSPS) is 13.3. The predicted octanol–water partition coefficient (Wildman–Crippen LogP) is 3.65. The van der Waals surface area contributed by atoms with Gasteiger partial charge in [-0.1, -0.05) is 13.0 Å². The molecule has 0 amide bonds. The molecule has 13 heteroatoms. The first kappa shape index (κ1) is 25.1. The summed E-state index contributed by atoms with van der Waals surface area (Å²) in [5.41, 5.74) is 1.05. The lowest BCUT2D eigenvalue weighted by Crippen LogP contribution is -2.31. The van der Waals surface area contributed by atoms with E-state index in [1.807, 2.05) is 0 Å². The standard InChI is InChI=1S/C23H23F2N7O3S/c1-13-8-16(10-26-9-13)22-29-30-23(32(22)21-17(24)6-5-7-18(21)25)31-36(33,34)15(3)14(2)19-11-28-20(35-4)12-27-19/h5-12,14-15H,1-4H3,(H,30,31)/t14-,15-/m0/s1. The van der Waals surface area contributed by atoms with E-state index in [0.29, 0.717) is 11.3 Å². The molecule has 10 nitrogen and oxygen atoms in total. The van der Waals surface area contributed by atoms with E-state index in [9.17, 15) is 17.2 Å². The minimum absolute atomic E-state index is 0.00891. The molecule has 0 spiro atoms. The number of anilines is 1. The number of nitrogens with one attached hydrogen (secondary N) is 1. The molecule has 4 aromatic rings. The van der Waals surface area contributed by atoms with Gasteiger partial charge >= 0.3 is 0 Å². The molecule has 0 bridgehead atoms. The van der Waals surface area contributed by atoms with Crippen molar-refractivity contribution in [2.24, 2.45) is 0 Å². The topological polar surface area (TPSA) is 125 Å². The Hall–Kier alpha value is -4.00. The quantitative estimate of drug-likeness (QED) is 0.377. The summed E-state index contributed by atoms with van der Waals surface area (Å²) >= 11 is 0. The summed E-state index contributed by atoms with van der Waals surface area (Å²) in [4.78, 5) is 12.4. The second-order valence-corrected chi connectivity index (χ2v) is 10.2. The van der Waals surface area contributed by atoms with Crippen LogP contribution < -0.4 is 9.46 Å². The first-order valence-corrected chi connectivity index (χ1v) is 12.4. The van der Waals surface area contributed by atoms with Crippen molar-refractivity contribution in [3.05, 3.63) is 71.9 Å². The molecule has 0 saturated heterocycles. The summed E-state index contributed by atoms with van der Waals surface area (Å²) < 4.78 is 64.7. The highest BCUT2D eigenvalue weighted by Gasteiger charge is 2.32. The van der Waals surface area contributed by atoms with E-state index in [0.717, 1.165) is 22.3 Å². The Morgan fingerprint density at radius 2 is 1.75 bits per heavy atom. The third-order valence-electron chi connectivity index (χ3n) is 5.71. The van der Waals surface area contributed by atoms with Crippen molar-refractivity contribution < 1.29 is 21.9 Å². The van der Waals surface area contributed by atoms with Crippen molar-refractivity contribution in [2.75, 3.05) is 11.8 Å². The van der Waals surface area contributed by atoms with Crippen LogP contribution in [0.2, 0.25) is 0 Å². The van der Waals surface area contributed by atoms with Gasteiger partial charge in [0.15, 0.2) is 5.82 Å². The molecular formula is C23H23F2N7O3S. The van der Waals surface area contributed by atoms with Gasteiger partial charge in [0, 0.05) is 23.9 Å². The van der Waals surface area contributed by atoms with Crippen molar-refractivity contribution in [2.45, 2.75) is 31.9 Å². The number of benzene rings is 1. The number of ether oxygens (including phenoxy) is 1. The summed E-state index contributed by atoms with van der Waals surface area (Å²) in [5, 5.41) is 6.92. The van der Waals surface area contributed by atoms with Crippen LogP contribution in [0.1, 0.15) is 31.0 Å². The van der Waals surface area contributed by atoms with Crippen LogP contribution in [0.4, 0.5) is 14.7 Å². The fraction of sp³-hybridized carbons (Fsp3) is 0.261. The van der Waals surface area contributed by atoms with Crippen LogP contribution in [0, 0.1) is 18.6 Å². The van der Waals surface area contributed by atoms with Gasteiger partial charge in [-0.3, -0.25) is 19.3 Å². The number of aromatic nitrogens is 6. The van der Waals surface area contributed by atoms with E-state index in [4.69, 9.17) is 4.74 Å². The number of hydrogen-bond donors (Lipinski definition) is 1. The maximum Gasteiger partial charge on any atom is 0.243 e. The molecule has 1 aromatic carbocycles. The maximum atomic E-state index is 14.8. The lowest BCUT2D eigenvalue weighted by atomic mass is 10.1. The average Bonchev–Trinajstić information content (AvgIpc) is 3.25. The van der Waals surface area contributed by atoms with Crippen molar-refractivity contribution in [1.82, 2.24) is 29.7 Å². The summed E-state index contributed by atoms with van der Waals surface area (Å²) in [5.74, 6) is -2.52. The minimum atomic E-state index is -4.14. The molecule has 2 atom stereocenters. The number of rotatable bonds is 8. The van der Waals surface area contributed by atoms with Crippen LogP contribution in [-0.4, -0.2) is 50.5 Å². The largest absolute Gasteiger partial charge is 0.480 e. The molecule has 0 aliphatic carbocycles. The average molecular weight is 516 g/mol. The van der Waals surface area contributed by atoms with Gasteiger partial charge in [-0.25, -0.2) is 22.2 Å². The number of halogens is 2. The summed E-state index contributed by atoms with van der Waals surface area (Å²) in [6.45, 7) is 4.94. The number of hydrogen-bond acceptors (Lipinski definition) is 8. The van der Waals surface area contributed by atoms with Gasteiger partial charge in [0.05, 0.1) is 30.4 Å². The number of sulfonamides is 1. The zero-order valence-corrected chi connectivity index (χ0v) is 20.7. The SMILES string of the molecule is COc1cnc([C@@H](C)[C@H](C)S(=O)(=O)Nc2nnc(-c3cncc(C)c3)n2-c2c(F)cccc2F)cn1. The molecule has 36 heavy (non-hydrogen) atoms. The third kappa shape index (κ3) is 4.87. The Bertz CT molecular complexity index is 1470. The number of methoxy groups -OCH3 is 1. The van der Waals surface area contributed by atoms with Crippen molar-refractivity contribution in [1.29, 1.82) is 0 Å². The molecule has 0 aliphatic rings. The van der Waals surface area contributed by atoms with Crippen LogP contribution in [-0.2, 0) is 10.0 Å². The molecule has 0 aliphatic heterocycles. The van der Waals surface area contributed by atoms with Gasteiger partial charge < -0.3 is 4.74 Å². The molecule has 188 valence electrons. The number of aryl methyl sites for hydroxylation is 1. The molecule has 3 heterocycles. The van der Waals surface area contributed by atoms with Gasteiger partial charge in [-0.15, -0.1) is 10.2 Å². The smallest absolute Gasteiger partial charge is 0.243 e. The molecule has 0 saturated carbocycles. The zero-order valence-electron chi connectivity index (χ0n) is 19.8. The number of pyridine rings is 1. The monoisotopic (exact) mass is 515 g/mol. The van der Waals surface area contributed by atoms with Gasteiger partial charge in [0.2, 0.25) is 21.9 Å². The van der Waals surface area contributed by atoms with Crippen molar-refractivity contribution >= 4 is 16.0 Å². The van der Waals surface area contributed by atoms with E-state index in [1.54, 1.807) is 26.1 Å². The highest BCUT2D eigenvalue weighted by atomic mass is 32.2. The highest BCUT2D eigenvalue weighted by Crippen LogP contribution is 2.31. The van der Waals surface area contributed by atoms with Crippen LogP contribution in [0.15, 0.2) is 49.1 Å². The van der Waals surface area contributed by atoms with Crippen molar-refractivity contribution in [3.63, 3.8) is 0 Å². The lowest BCUT2D eigenvalue weighted by molar-refractivity contribution is 0.394. The Balaban J connectivity index is 1.77. The Morgan fingerprint density at radius 3 is 2.36 bits per heavy atom. The van der Waals surface area contributed by atoms with E-state index in [1.165, 1.54) is 38.7 Å². The highest BCUT2D eigenvalue weighted by molar-refractivity contribution is 7.93. The molecule has 4 rings (SSSR count). The third-order valence-corrected chi connectivity index (χ3v) is 7.56. The first-order chi connectivity index (χ1) is 17.1. The van der Waals surface area contributed by atoms with Crippen LogP contribution >= 0.6 is 0 Å². The summed E-state index contributed by atoms with van der Waals surface area (Å²) in [6.07, 6.45) is 5.86. The van der Waals surface area contributed by atoms with Gasteiger partial charge in [0.1, 0.15) is 17.3 Å². The minimum Gasteiger partial charge on any atom is -0.480 e. The number of nitrogens with zero attached hydrogens (tertiary/aromatic N) is 6. The first-order valence-electron chi connectivity index (χ1n) is 10.8. The van der Waals surface area contributed by atoms with E-state index in [2.05, 4.69) is 29.9 Å². The molecule has 0 unspecified atom stereocenters. The Labute approximate surface area is 206 Å². The van der Waals surface area contributed by atoms with Crippen molar-refractivity contribution in [3.8, 4) is 23.0 Å². The molecule has 1 N–H and O–H groups in total. The second kappa shape index (κ2) is 9.93. The lowest BCUT2D eigenvalue weighted by Gasteiger charge is -2.21. The second-order valence-electron chi connectivity index (χ2n) is 8.13. The van der Waals surface area contributed by atoms with E-state index in [-0.39, 0.29) is 17.7 Å². The molecule has 0 radical (unpaired) electrons. The summed E-state index contributed by atoms with van der Waals surface area (Å²) in [6, 6.07) is 5.01. The number of para-hydroxylation sites is 1. The Morgan fingerprint density at radius 1 is 1.03 bits per heavy atom. The van der Waals surface area contributed by atoms with E-state index >= 15 is 0 Å². The molecule has 3 aromatic heterocycles. The Kier molecular flexibility index (Phi) is 6.93. The van der Waals surface area contributed by atoms with Gasteiger partial charge in [-0.2, -0.15) is 0 Å². The van der Waals surface area contributed by atoms with E-state index < -0.39 is 38.5 Å². The maximum absolute atomic E-state index is 14.8. The fourth-order valence-corrected chi connectivity index (χ4v) is 4.77. The fourth-order valence-electron chi connectivity index (χ4n) is 3.53. The van der Waals surface area contributed by atoms with Crippen LogP contribution in [0.25, 0.3) is 17.1 Å². The van der Waals surface area contributed by atoms with Crippen LogP contribution in [0.5, 0.6) is 5.88 Å². The molecular weight excluding hydrogens is 492 g/mol. The van der Waals surface area contributed by atoms with Gasteiger partial charge in [0.25, 0.3) is 0 Å². The van der Waals surface area contributed by atoms with Gasteiger partial charge in [-0.05, 0) is 37.6 Å². The zero-order chi connectivity index (χ0) is 26.0. The van der Waals surface area contributed by atoms with Crippen LogP contribution in [0.3, 0.4) is 0 Å². The summed E-state index contributed by atoms with van der Waals surface area (Å²) in [7, 11) is -2.70. The predicted molar refractivity (Wildman–Crippen MR) is 128 cm³/mol. The molecule has 0 fully saturated rings.